The summed E-state index contributed by atoms with van der Waals surface area (Å²) in [5.41, 5.74) is 6.72. The quantitative estimate of drug-likeness (QED) is 0.789. The van der Waals surface area contributed by atoms with Crippen LogP contribution in [0, 0.1) is 0 Å². The van der Waals surface area contributed by atoms with Crippen molar-refractivity contribution in [3.05, 3.63) is 23.3 Å². The van der Waals surface area contributed by atoms with E-state index in [1.807, 2.05) is 13.8 Å². The monoisotopic (exact) mass is 223 g/mol. The van der Waals surface area contributed by atoms with Gasteiger partial charge in [0.2, 0.25) is 0 Å². The summed E-state index contributed by atoms with van der Waals surface area (Å²) < 4.78 is 10.3. The fraction of sp³-hybridized carbons (Fsp3) is 0.417. The van der Waals surface area contributed by atoms with Gasteiger partial charge in [-0.3, -0.25) is 4.79 Å². The van der Waals surface area contributed by atoms with Crippen LogP contribution in [0.4, 0.5) is 0 Å². The second kappa shape index (κ2) is 4.53. The smallest absolute Gasteiger partial charge is 0.171 e. The molecule has 0 radical (unpaired) electrons. The molecule has 0 bridgehead atoms. The molecule has 0 aliphatic rings. The molecule has 0 fully saturated rings. The second-order valence-corrected chi connectivity index (χ2v) is 4.14. The van der Waals surface area contributed by atoms with Crippen molar-refractivity contribution in [1.29, 1.82) is 0 Å². The standard InChI is InChI=1S/C12H17NO3/c1-12(2,13)9-5-8(7-14)11(16-4)10(6-9)15-3/h5-7H,13H2,1-4H3. The van der Waals surface area contributed by atoms with E-state index < -0.39 is 5.54 Å². The van der Waals surface area contributed by atoms with E-state index in [9.17, 15) is 4.79 Å². The molecule has 4 heteroatoms. The third-order valence-corrected chi connectivity index (χ3v) is 2.38. The zero-order chi connectivity index (χ0) is 12.3. The molecule has 0 aromatic heterocycles. The second-order valence-electron chi connectivity index (χ2n) is 4.14. The lowest BCUT2D eigenvalue weighted by Gasteiger charge is -2.21. The predicted molar refractivity (Wildman–Crippen MR) is 62.1 cm³/mol. The SMILES string of the molecule is COc1cc(C(C)(C)N)cc(C=O)c1OC. The number of rotatable bonds is 4. The van der Waals surface area contributed by atoms with Gasteiger partial charge in [0.05, 0.1) is 19.8 Å². The van der Waals surface area contributed by atoms with E-state index in [4.69, 9.17) is 15.2 Å². The van der Waals surface area contributed by atoms with Crippen molar-refractivity contribution in [2.75, 3.05) is 14.2 Å². The number of hydrogen-bond acceptors (Lipinski definition) is 4. The zero-order valence-electron chi connectivity index (χ0n) is 10.0. The molecule has 1 rings (SSSR count). The van der Waals surface area contributed by atoms with E-state index in [2.05, 4.69) is 0 Å². The van der Waals surface area contributed by atoms with Crippen molar-refractivity contribution >= 4 is 6.29 Å². The van der Waals surface area contributed by atoms with Crippen LogP contribution in [0.2, 0.25) is 0 Å². The number of nitrogens with two attached hydrogens (primary N) is 1. The minimum Gasteiger partial charge on any atom is -0.493 e. The molecule has 1 aromatic rings. The molecule has 0 heterocycles. The van der Waals surface area contributed by atoms with Crippen LogP contribution in [0.5, 0.6) is 11.5 Å². The Hall–Kier alpha value is -1.55. The summed E-state index contributed by atoms with van der Waals surface area (Å²) >= 11 is 0. The molecule has 1 aromatic carbocycles. The van der Waals surface area contributed by atoms with Gasteiger partial charge in [-0.1, -0.05) is 0 Å². The lowest BCUT2D eigenvalue weighted by atomic mass is 9.93. The summed E-state index contributed by atoms with van der Waals surface area (Å²) in [5.74, 6) is 0.950. The van der Waals surface area contributed by atoms with E-state index >= 15 is 0 Å². The maximum absolute atomic E-state index is 11.0. The molecular weight excluding hydrogens is 206 g/mol. The highest BCUT2D eigenvalue weighted by Gasteiger charge is 2.19. The van der Waals surface area contributed by atoms with Gasteiger partial charge in [0.15, 0.2) is 17.8 Å². The Labute approximate surface area is 95.3 Å². The van der Waals surface area contributed by atoms with Crippen molar-refractivity contribution in [3.8, 4) is 11.5 Å². The van der Waals surface area contributed by atoms with Crippen molar-refractivity contribution in [3.63, 3.8) is 0 Å². The predicted octanol–water partition coefficient (Wildman–Crippen LogP) is 1.71. The van der Waals surface area contributed by atoms with Crippen molar-refractivity contribution in [2.24, 2.45) is 5.73 Å². The molecule has 2 N–H and O–H groups in total. The summed E-state index contributed by atoms with van der Waals surface area (Å²) in [5, 5.41) is 0. The molecule has 4 nitrogen and oxygen atoms in total. The first kappa shape index (κ1) is 12.5. The highest BCUT2D eigenvalue weighted by molar-refractivity contribution is 5.82. The van der Waals surface area contributed by atoms with Crippen LogP contribution in [-0.2, 0) is 5.54 Å². The molecule has 0 unspecified atom stereocenters. The van der Waals surface area contributed by atoms with Gasteiger partial charge in [-0.05, 0) is 31.5 Å². The molecule has 0 amide bonds. The first-order chi connectivity index (χ1) is 7.43. The fourth-order valence-electron chi connectivity index (χ4n) is 1.45. The molecule has 0 saturated heterocycles. The Morgan fingerprint density at radius 1 is 1.25 bits per heavy atom. The maximum atomic E-state index is 11.0. The summed E-state index contributed by atoms with van der Waals surface area (Å²) in [7, 11) is 3.03. The zero-order valence-corrected chi connectivity index (χ0v) is 10.0. The Kier molecular flexibility index (Phi) is 3.55. The van der Waals surface area contributed by atoms with Gasteiger partial charge in [0.1, 0.15) is 0 Å². The van der Waals surface area contributed by atoms with Gasteiger partial charge in [0.25, 0.3) is 0 Å². The minimum absolute atomic E-state index is 0.436. The Morgan fingerprint density at radius 2 is 1.88 bits per heavy atom. The number of benzene rings is 1. The highest BCUT2D eigenvalue weighted by Crippen LogP contribution is 2.34. The number of carbonyl (C=O) groups is 1. The molecule has 0 aliphatic carbocycles. The minimum atomic E-state index is -0.530. The van der Waals surface area contributed by atoms with Crippen LogP contribution in [0.3, 0.4) is 0 Å². The van der Waals surface area contributed by atoms with Crippen molar-refractivity contribution in [1.82, 2.24) is 0 Å². The van der Waals surface area contributed by atoms with Gasteiger partial charge < -0.3 is 15.2 Å². The molecule has 0 spiro atoms. The topological polar surface area (TPSA) is 61.5 Å². The average molecular weight is 223 g/mol. The number of carbonyl (C=O) groups excluding carboxylic acids is 1. The molecule has 88 valence electrons. The number of aldehydes is 1. The van der Waals surface area contributed by atoms with Gasteiger partial charge in [-0.15, -0.1) is 0 Å². The van der Waals surface area contributed by atoms with Crippen LogP contribution in [0.25, 0.3) is 0 Å². The first-order valence-corrected chi connectivity index (χ1v) is 4.94. The van der Waals surface area contributed by atoms with E-state index in [0.29, 0.717) is 17.1 Å². The van der Waals surface area contributed by atoms with Crippen molar-refractivity contribution < 1.29 is 14.3 Å². The summed E-state index contributed by atoms with van der Waals surface area (Å²) in [4.78, 5) is 11.0. The Bertz CT molecular complexity index is 394. The van der Waals surface area contributed by atoms with Crippen LogP contribution < -0.4 is 15.2 Å². The van der Waals surface area contributed by atoms with E-state index in [0.717, 1.165) is 11.8 Å². The molecule has 0 aliphatic heterocycles. The number of hydrogen-bond donors (Lipinski definition) is 1. The van der Waals surface area contributed by atoms with Crippen LogP contribution >= 0.6 is 0 Å². The number of methoxy groups -OCH3 is 2. The molecule has 0 saturated carbocycles. The fourth-order valence-corrected chi connectivity index (χ4v) is 1.45. The van der Waals surface area contributed by atoms with Crippen LogP contribution in [-0.4, -0.2) is 20.5 Å². The lowest BCUT2D eigenvalue weighted by molar-refractivity contribution is 0.112. The van der Waals surface area contributed by atoms with E-state index in [1.165, 1.54) is 14.2 Å². The van der Waals surface area contributed by atoms with Gasteiger partial charge in [-0.2, -0.15) is 0 Å². The summed E-state index contributed by atoms with van der Waals surface area (Å²) in [6, 6.07) is 3.50. The average Bonchev–Trinajstić information content (AvgIpc) is 2.25. The van der Waals surface area contributed by atoms with Crippen LogP contribution in [0.1, 0.15) is 29.8 Å². The normalized spacial score (nSPS) is 11.1. The molecule has 16 heavy (non-hydrogen) atoms. The summed E-state index contributed by atoms with van der Waals surface area (Å²) in [6.45, 7) is 3.73. The molecule has 0 atom stereocenters. The van der Waals surface area contributed by atoms with Gasteiger partial charge in [-0.25, -0.2) is 0 Å². The van der Waals surface area contributed by atoms with Gasteiger partial charge >= 0.3 is 0 Å². The third-order valence-electron chi connectivity index (χ3n) is 2.38. The molecular formula is C12H17NO3. The first-order valence-electron chi connectivity index (χ1n) is 4.94. The third kappa shape index (κ3) is 2.33. The Morgan fingerprint density at radius 3 is 2.25 bits per heavy atom. The lowest BCUT2D eigenvalue weighted by Crippen LogP contribution is -2.28. The number of ether oxygens (including phenoxy) is 2. The largest absolute Gasteiger partial charge is 0.493 e. The Balaban J connectivity index is 3.43. The van der Waals surface area contributed by atoms with E-state index in [1.54, 1.807) is 12.1 Å². The van der Waals surface area contributed by atoms with Crippen LogP contribution in [0.15, 0.2) is 12.1 Å². The summed E-state index contributed by atoms with van der Waals surface area (Å²) in [6.07, 6.45) is 0.733. The van der Waals surface area contributed by atoms with Crippen molar-refractivity contribution in [2.45, 2.75) is 19.4 Å². The highest BCUT2D eigenvalue weighted by atomic mass is 16.5. The van der Waals surface area contributed by atoms with E-state index in [-0.39, 0.29) is 0 Å². The van der Waals surface area contributed by atoms with Gasteiger partial charge in [0, 0.05) is 5.54 Å². The maximum Gasteiger partial charge on any atom is 0.171 e.